The number of carbonyl (C=O) groups is 1. The molecule has 1 atom stereocenters. The molecule has 0 spiro atoms. The van der Waals surface area contributed by atoms with Crippen molar-refractivity contribution in [2.24, 2.45) is 0 Å². The topological polar surface area (TPSA) is 75.4 Å². The van der Waals surface area contributed by atoms with Gasteiger partial charge < -0.3 is 14.8 Å². The Morgan fingerprint density at radius 1 is 1.50 bits per heavy atom. The van der Waals surface area contributed by atoms with Crippen molar-refractivity contribution in [1.82, 2.24) is 10.3 Å². The molecule has 6 heteroatoms. The summed E-state index contributed by atoms with van der Waals surface area (Å²) in [7, 11) is 0. The molecular weight excluding hydrogens is 324 g/mol. The van der Waals surface area contributed by atoms with Crippen molar-refractivity contribution < 1.29 is 14.3 Å². The smallest absolute Gasteiger partial charge is 0.287 e. The van der Waals surface area contributed by atoms with E-state index in [0.29, 0.717) is 11.1 Å². The van der Waals surface area contributed by atoms with Crippen molar-refractivity contribution in [3.8, 4) is 0 Å². The predicted molar refractivity (Wildman–Crippen MR) is 77.4 cm³/mol. The molecule has 0 radical (unpaired) electrons. The maximum atomic E-state index is 12.1. The lowest BCUT2D eigenvalue weighted by atomic mass is 10.1. The molecule has 1 amide bonds. The lowest BCUT2D eigenvalue weighted by molar-refractivity contribution is 0.0886. The van der Waals surface area contributed by atoms with Gasteiger partial charge in [0.05, 0.1) is 12.6 Å². The van der Waals surface area contributed by atoms with Gasteiger partial charge in [0.25, 0.3) is 5.91 Å². The second-order valence-electron chi connectivity index (χ2n) is 4.48. The van der Waals surface area contributed by atoms with Crippen molar-refractivity contribution in [2.45, 2.75) is 19.4 Å². The largest absolute Gasteiger partial charge is 0.444 e. The third-order valence-electron chi connectivity index (χ3n) is 2.88. The van der Waals surface area contributed by atoms with Gasteiger partial charge in [-0.2, -0.15) is 0 Å². The number of aromatic nitrogens is 1. The Balaban J connectivity index is 2.03. The Hall–Kier alpha value is -1.66. The number of rotatable bonds is 5. The first kappa shape index (κ1) is 14.7. The van der Waals surface area contributed by atoms with Gasteiger partial charge >= 0.3 is 0 Å². The van der Waals surface area contributed by atoms with E-state index in [0.717, 1.165) is 11.1 Å². The van der Waals surface area contributed by atoms with E-state index in [2.05, 4.69) is 26.2 Å². The lowest BCUT2D eigenvalue weighted by Gasteiger charge is -2.15. The van der Waals surface area contributed by atoms with Crippen LogP contribution in [0.4, 0.5) is 0 Å². The molecule has 0 fully saturated rings. The van der Waals surface area contributed by atoms with Crippen molar-refractivity contribution in [3.05, 3.63) is 52.1 Å². The number of aliphatic hydroxyl groups excluding tert-OH is 1. The summed E-state index contributed by atoms with van der Waals surface area (Å²) in [4.78, 5) is 16.0. The molecule has 2 aromatic heterocycles. The maximum absolute atomic E-state index is 12.1. The summed E-state index contributed by atoms with van der Waals surface area (Å²) in [5.41, 5.74) is 1.74. The van der Waals surface area contributed by atoms with Crippen LogP contribution >= 0.6 is 15.9 Å². The van der Waals surface area contributed by atoms with Crippen molar-refractivity contribution in [1.29, 1.82) is 0 Å². The molecule has 0 aromatic carbocycles. The quantitative estimate of drug-likeness (QED) is 0.875. The minimum absolute atomic E-state index is 0.144. The molecule has 20 heavy (non-hydrogen) atoms. The number of carbonyl (C=O) groups excluding carboxylic acids is 1. The zero-order valence-electron chi connectivity index (χ0n) is 11.0. The highest BCUT2D eigenvalue weighted by molar-refractivity contribution is 9.10. The summed E-state index contributed by atoms with van der Waals surface area (Å²) < 4.78 is 5.79. The van der Waals surface area contributed by atoms with E-state index in [9.17, 15) is 9.90 Å². The molecule has 2 aromatic rings. The van der Waals surface area contributed by atoms with Gasteiger partial charge in [-0.15, -0.1) is 0 Å². The number of nitrogens with zero attached hydrogens (tertiary/aromatic N) is 1. The van der Waals surface area contributed by atoms with Gasteiger partial charge in [-0.25, -0.2) is 0 Å². The van der Waals surface area contributed by atoms with Crippen LogP contribution in [0.1, 0.15) is 21.7 Å². The Bertz CT molecular complexity index is 583. The normalized spacial score (nSPS) is 12.2. The van der Waals surface area contributed by atoms with E-state index in [1.54, 1.807) is 25.4 Å². The molecule has 0 saturated carbocycles. The van der Waals surface area contributed by atoms with Gasteiger partial charge in [-0.3, -0.25) is 9.78 Å². The Morgan fingerprint density at radius 2 is 2.20 bits per heavy atom. The number of pyridine rings is 1. The highest BCUT2D eigenvalue weighted by Crippen LogP contribution is 2.19. The SMILES string of the molecule is Cc1cc(Br)oc1C(=O)N[C@H](CO)Cc1ccncc1. The van der Waals surface area contributed by atoms with E-state index < -0.39 is 0 Å². The van der Waals surface area contributed by atoms with E-state index in [4.69, 9.17) is 4.42 Å². The minimum Gasteiger partial charge on any atom is -0.444 e. The number of halogens is 1. The molecule has 2 rings (SSSR count). The summed E-state index contributed by atoms with van der Waals surface area (Å²) in [6.45, 7) is 1.65. The molecule has 0 bridgehead atoms. The average Bonchev–Trinajstić information content (AvgIpc) is 2.78. The van der Waals surface area contributed by atoms with E-state index >= 15 is 0 Å². The molecule has 106 valence electrons. The monoisotopic (exact) mass is 338 g/mol. The molecular formula is C14H15BrN2O3. The third-order valence-corrected chi connectivity index (χ3v) is 3.27. The first-order chi connectivity index (χ1) is 9.60. The van der Waals surface area contributed by atoms with Gasteiger partial charge in [-0.05, 0) is 53.0 Å². The fourth-order valence-corrected chi connectivity index (χ4v) is 2.39. The Morgan fingerprint density at radius 3 is 2.75 bits per heavy atom. The Kier molecular flexibility index (Phi) is 4.92. The number of furan rings is 1. The molecule has 0 aliphatic rings. The molecule has 0 aliphatic heterocycles. The summed E-state index contributed by atoms with van der Waals surface area (Å²) in [6.07, 6.45) is 3.89. The molecule has 2 heterocycles. The zero-order chi connectivity index (χ0) is 14.5. The number of hydrogen-bond donors (Lipinski definition) is 2. The van der Waals surface area contributed by atoms with Gasteiger partial charge in [0.2, 0.25) is 0 Å². The summed E-state index contributed by atoms with van der Waals surface area (Å²) in [5, 5.41) is 12.1. The van der Waals surface area contributed by atoms with Gasteiger partial charge in [-0.1, -0.05) is 0 Å². The van der Waals surface area contributed by atoms with Crippen LogP contribution in [-0.4, -0.2) is 28.6 Å². The van der Waals surface area contributed by atoms with Crippen LogP contribution in [-0.2, 0) is 6.42 Å². The number of nitrogens with one attached hydrogen (secondary N) is 1. The number of aryl methyl sites for hydroxylation is 1. The number of amides is 1. The number of hydrogen-bond acceptors (Lipinski definition) is 4. The molecule has 2 N–H and O–H groups in total. The first-order valence-corrected chi connectivity index (χ1v) is 6.96. The van der Waals surface area contributed by atoms with Gasteiger partial charge in [0.15, 0.2) is 10.4 Å². The lowest BCUT2D eigenvalue weighted by Crippen LogP contribution is -2.39. The molecule has 0 saturated heterocycles. The second-order valence-corrected chi connectivity index (χ2v) is 5.26. The van der Waals surface area contributed by atoms with E-state index in [-0.39, 0.29) is 24.3 Å². The summed E-state index contributed by atoms with van der Waals surface area (Å²) >= 11 is 3.19. The van der Waals surface area contributed by atoms with Crippen molar-refractivity contribution in [3.63, 3.8) is 0 Å². The molecule has 5 nitrogen and oxygen atoms in total. The summed E-state index contributed by atoms with van der Waals surface area (Å²) in [6, 6.07) is 5.06. The first-order valence-electron chi connectivity index (χ1n) is 6.16. The van der Waals surface area contributed by atoms with Crippen LogP contribution in [0, 0.1) is 6.92 Å². The van der Waals surface area contributed by atoms with Crippen LogP contribution in [0.2, 0.25) is 0 Å². The fraction of sp³-hybridized carbons (Fsp3) is 0.286. The number of aliphatic hydroxyl groups is 1. The van der Waals surface area contributed by atoms with Crippen molar-refractivity contribution in [2.75, 3.05) is 6.61 Å². The highest BCUT2D eigenvalue weighted by Gasteiger charge is 2.18. The van der Waals surface area contributed by atoms with Crippen LogP contribution < -0.4 is 5.32 Å². The van der Waals surface area contributed by atoms with Gasteiger partial charge in [0.1, 0.15) is 0 Å². The van der Waals surface area contributed by atoms with E-state index in [1.807, 2.05) is 12.1 Å². The minimum atomic E-state index is -0.367. The van der Waals surface area contributed by atoms with Crippen LogP contribution in [0.25, 0.3) is 0 Å². The average molecular weight is 339 g/mol. The summed E-state index contributed by atoms with van der Waals surface area (Å²) in [5.74, 6) is -0.0774. The predicted octanol–water partition coefficient (Wildman–Crippen LogP) is 2.08. The highest BCUT2D eigenvalue weighted by atomic mass is 79.9. The Labute approximate surface area is 125 Å². The third kappa shape index (κ3) is 3.68. The van der Waals surface area contributed by atoms with Crippen LogP contribution in [0.15, 0.2) is 39.7 Å². The van der Waals surface area contributed by atoms with Crippen molar-refractivity contribution >= 4 is 21.8 Å². The molecule has 0 aliphatic carbocycles. The van der Waals surface area contributed by atoms with Gasteiger partial charge in [0, 0.05) is 18.0 Å². The fourth-order valence-electron chi connectivity index (χ4n) is 1.88. The van der Waals surface area contributed by atoms with Crippen LogP contribution in [0.3, 0.4) is 0 Å². The standard InChI is InChI=1S/C14H15BrN2O3/c1-9-6-12(15)20-13(9)14(19)17-11(8-18)7-10-2-4-16-5-3-10/h2-6,11,18H,7-8H2,1H3,(H,17,19)/t11-/m0/s1. The van der Waals surface area contributed by atoms with E-state index in [1.165, 1.54) is 0 Å². The second kappa shape index (κ2) is 6.67. The zero-order valence-corrected chi connectivity index (χ0v) is 12.6. The van der Waals surface area contributed by atoms with Crippen LogP contribution in [0.5, 0.6) is 0 Å². The molecule has 0 unspecified atom stereocenters. The maximum Gasteiger partial charge on any atom is 0.287 e.